The van der Waals surface area contributed by atoms with Crippen LogP contribution in [0.2, 0.25) is 10.0 Å². The molecule has 3 rings (SSSR count). The van der Waals surface area contributed by atoms with Gasteiger partial charge < -0.3 is 9.72 Å². The van der Waals surface area contributed by atoms with Crippen molar-refractivity contribution in [2.45, 2.75) is 42.9 Å². The zero-order valence-electron chi connectivity index (χ0n) is 14.8. The van der Waals surface area contributed by atoms with E-state index in [4.69, 9.17) is 27.9 Å². The minimum Gasteiger partial charge on any atom is -0.371 e. The van der Waals surface area contributed by atoms with Gasteiger partial charge in [0.1, 0.15) is 0 Å². The summed E-state index contributed by atoms with van der Waals surface area (Å²) in [4.78, 5) is 4.51. The van der Waals surface area contributed by atoms with Crippen molar-refractivity contribution < 1.29 is 4.74 Å². The van der Waals surface area contributed by atoms with Gasteiger partial charge in [0, 0.05) is 20.6 Å². The molecular formula is C21H21Cl2NOS. The van der Waals surface area contributed by atoms with E-state index in [2.05, 4.69) is 37.0 Å². The predicted molar refractivity (Wildman–Crippen MR) is 110 cm³/mol. The highest BCUT2D eigenvalue weighted by Gasteiger charge is 2.13. The van der Waals surface area contributed by atoms with Gasteiger partial charge in [-0.2, -0.15) is 0 Å². The molecule has 1 N–H and O–H groups in total. The van der Waals surface area contributed by atoms with E-state index in [1.807, 2.05) is 30.3 Å². The van der Waals surface area contributed by atoms with E-state index >= 15 is 0 Å². The van der Waals surface area contributed by atoms with Crippen LogP contribution in [0.15, 0.2) is 64.5 Å². The van der Waals surface area contributed by atoms with E-state index in [9.17, 15) is 0 Å². The Balaban J connectivity index is 1.71. The lowest BCUT2D eigenvalue weighted by Gasteiger charge is -2.07. The van der Waals surface area contributed by atoms with Crippen LogP contribution in [0.5, 0.6) is 0 Å². The molecule has 0 atom stereocenters. The summed E-state index contributed by atoms with van der Waals surface area (Å²) in [6.45, 7) is 5.52. The van der Waals surface area contributed by atoms with Crippen LogP contribution >= 0.6 is 35.0 Å². The number of nitrogens with one attached hydrogen (secondary N) is 1. The summed E-state index contributed by atoms with van der Waals surface area (Å²) in [7, 11) is 0. The van der Waals surface area contributed by atoms with Crippen LogP contribution in [0.25, 0.3) is 0 Å². The fraction of sp³-hybridized carbons (Fsp3) is 0.238. The number of hydrogen-bond acceptors (Lipinski definition) is 2. The molecule has 0 saturated heterocycles. The molecule has 0 radical (unpaired) electrons. The minimum absolute atomic E-state index is 0.409. The molecule has 0 aliphatic rings. The predicted octanol–water partition coefficient (Wildman–Crippen LogP) is 7.31. The molecule has 0 spiro atoms. The fourth-order valence-electron chi connectivity index (χ4n) is 2.66. The number of aromatic nitrogens is 1. The van der Waals surface area contributed by atoms with Crippen molar-refractivity contribution in [3.8, 4) is 0 Å². The summed E-state index contributed by atoms with van der Waals surface area (Å²) < 4.78 is 5.86. The highest BCUT2D eigenvalue weighted by Crippen LogP contribution is 2.36. The molecule has 0 bridgehead atoms. The maximum Gasteiger partial charge on any atom is 0.0870 e. The number of hydrogen-bond donors (Lipinski definition) is 1. The highest BCUT2D eigenvalue weighted by molar-refractivity contribution is 7.99. The average molecular weight is 406 g/mol. The van der Waals surface area contributed by atoms with Crippen LogP contribution in [-0.2, 0) is 18.0 Å². The topological polar surface area (TPSA) is 25.0 Å². The van der Waals surface area contributed by atoms with Gasteiger partial charge in [0.05, 0.1) is 18.2 Å². The van der Waals surface area contributed by atoms with Crippen molar-refractivity contribution in [2.24, 2.45) is 0 Å². The van der Waals surface area contributed by atoms with Crippen LogP contribution in [-0.4, -0.2) is 4.98 Å². The second kappa shape index (κ2) is 9.01. The number of ether oxygens (including phenoxy) is 1. The minimum atomic E-state index is 0.409. The van der Waals surface area contributed by atoms with Crippen molar-refractivity contribution >= 4 is 35.0 Å². The first-order valence-corrected chi connectivity index (χ1v) is 10.1. The maximum atomic E-state index is 6.12. The number of benzene rings is 2. The van der Waals surface area contributed by atoms with Crippen molar-refractivity contribution in [1.82, 2.24) is 4.98 Å². The third kappa shape index (κ3) is 5.31. The Morgan fingerprint density at radius 3 is 2.31 bits per heavy atom. The van der Waals surface area contributed by atoms with E-state index in [0.717, 1.165) is 15.6 Å². The molecule has 0 saturated carbocycles. The van der Waals surface area contributed by atoms with Crippen LogP contribution in [0.3, 0.4) is 0 Å². The van der Waals surface area contributed by atoms with Crippen LogP contribution in [0.1, 0.15) is 36.6 Å². The molecule has 2 nitrogen and oxygen atoms in total. The van der Waals surface area contributed by atoms with Crippen molar-refractivity contribution in [3.63, 3.8) is 0 Å². The molecule has 1 heterocycles. The van der Waals surface area contributed by atoms with Gasteiger partial charge in [-0.25, -0.2) is 0 Å². The smallest absolute Gasteiger partial charge is 0.0870 e. The Hall–Kier alpha value is -1.39. The van der Waals surface area contributed by atoms with Gasteiger partial charge in [-0.3, -0.25) is 0 Å². The second-order valence-corrected chi connectivity index (χ2v) is 8.38. The number of aromatic amines is 1. The van der Waals surface area contributed by atoms with Gasteiger partial charge >= 0.3 is 0 Å². The largest absolute Gasteiger partial charge is 0.371 e. The zero-order chi connectivity index (χ0) is 18.5. The molecule has 136 valence electrons. The molecule has 26 heavy (non-hydrogen) atoms. The monoisotopic (exact) mass is 405 g/mol. The van der Waals surface area contributed by atoms with Gasteiger partial charge in [-0.1, -0.05) is 79.1 Å². The first-order valence-electron chi connectivity index (χ1n) is 8.48. The van der Waals surface area contributed by atoms with Gasteiger partial charge in [-0.15, -0.1) is 0 Å². The quantitative estimate of drug-likeness (QED) is 0.445. The van der Waals surface area contributed by atoms with Crippen molar-refractivity contribution in [3.05, 3.63) is 81.5 Å². The number of halogens is 2. The van der Waals surface area contributed by atoms with Crippen molar-refractivity contribution in [2.75, 3.05) is 0 Å². The Bertz CT molecular complexity index is 841. The van der Waals surface area contributed by atoms with Crippen LogP contribution in [0, 0.1) is 0 Å². The molecule has 3 aromatic rings. The molecule has 0 fully saturated rings. The van der Waals surface area contributed by atoms with Crippen molar-refractivity contribution in [1.29, 1.82) is 0 Å². The summed E-state index contributed by atoms with van der Waals surface area (Å²) in [5.41, 5.74) is 3.51. The lowest BCUT2D eigenvalue weighted by atomic mass is 10.1. The molecular weight excluding hydrogens is 385 g/mol. The normalized spacial score (nSPS) is 11.3. The standard InChI is InChI=1S/C21H21Cl2NOS/c1-14(2)20-11-18(13-25-12-15-6-4-3-5-7-15)24-21(20)26-19-9-16(22)8-17(23)10-19/h3-11,14,24H,12-13H2,1-2H3. The molecule has 0 aliphatic carbocycles. The van der Waals surface area contributed by atoms with E-state index in [1.54, 1.807) is 17.8 Å². The first kappa shape index (κ1) is 19.4. The van der Waals surface area contributed by atoms with Gasteiger partial charge in [0.25, 0.3) is 0 Å². The average Bonchev–Trinajstić information content (AvgIpc) is 2.98. The first-order chi connectivity index (χ1) is 12.5. The summed E-state index contributed by atoms with van der Waals surface area (Å²) >= 11 is 13.9. The summed E-state index contributed by atoms with van der Waals surface area (Å²) in [5, 5.41) is 2.39. The fourth-order valence-corrected chi connectivity index (χ4v) is 4.51. The van der Waals surface area contributed by atoms with Crippen LogP contribution in [0.4, 0.5) is 0 Å². The Labute approximate surface area is 168 Å². The summed E-state index contributed by atoms with van der Waals surface area (Å²) in [6, 6.07) is 18.0. The molecule has 1 aromatic heterocycles. The molecule has 5 heteroatoms. The van der Waals surface area contributed by atoms with E-state index in [0.29, 0.717) is 29.2 Å². The third-order valence-corrected chi connectivity index (χ3v) is 5.36. The van der Waals surface area contributed by atoms with E-state index < -0.39 is 0 Å². The second-order valence-electron chi connectivity index (χ2n) is 6.42. The third-order valence-electron chi connectivity index (χ3n) is 3.91. The van der Waals surface area contributed by atoms with Crippen LogP contribution < -0.4 is 0 Å². The molecule has 0 aliphatic heterocycles. The maximum absolute atomic E-state index is 6.12. The Kier molecular flexibility index (Phi) is 6.71. The SMILES string of the molecule is CC(C)c1cc(COCc2ccccc2)[nH]c1Sc1cc(Cl)cc(Cl)c1. The molecule has 0 amide bonds. The van der Waals surface area contributed by atoms with E-state index in [-0.39, 0.29) is 0 Å². The molecule has 2 aromatic carbocycles. The van der Waals surface area contributed by atoms with Gasteiger partial charge in [0.15, 0.2) is 0 Å². The molecule has 0 unspecified atom stereocenters. The Morgan fingerprint density at radius 1 is 0.962 bits per heavy atom. The summed E-state index contributed by atoms with van der Waals surface area (Å²) in [5.74, 6) is 0.409. The van der Waals surface area contributed by atoms with Gasteiger partial charge in [0.2, 0.25) is 0 Å². The summed E-state index contributed by atoms with van der Waals surface area (Å²) in [6.07, 6.45) is 0. The number of H-pyrrole nitrogens is 1. The lowest BCUT2D eigenvalue weighted by molar-refractivity contribution is 0.104. The number of rotatable bonds is 7. The van der Waals surface area contributed by atoms with Gasteiger partial charge in [-0.05, 0) is 41.3 Å². The Morgan fingerprint density at radius 2 is 1.65 bits per heavy atom. The highest BCUT2D eigenvalue weighted by atomic mass is 35.5. The zero-order valence-corrected chi connectivity index (χ0v) is 17.1. The van der Waals surface area contributed by atoms with E-state index in [1.165, 1.54) is 11.1 Å². The lowest BCUT2D eigenvalue weighted by Crippen LogP contribution is -1.94.